The van der Waals surface area contributed by atoms with Gasteiger partial charge in [0.1, 0.15) is 6.23 Å². The molecule has 0 aromatic carbocycles. The number of nitrogens with one attached hydrogen (secondary N) is 2. The summed E-state index contributed by atoms with van der Waals surface area (Å²) in [5.41, 5.74) is 5.82. The van der Waals surface area contributed by atoms with Crippen molar-refractivity contribution in [2.24, 2.45) is 10.7 Å². The highest BCUT2D eigenvalue weighted by atomic mass is 35.5. The maximum atomic E-state index is 10.9. The van der Waals surface area contributed by atoms with E-state index in [1.165, 1.54) is 7.11 Å². The first kappa shape index (κ1) is 16.2. The van der Waals surface area contributed by atoms with Gasteiger partial charge in [0.15, 0.2) is 0 Å². The van der Waals surface area contributed by atoms with E-state index in [2.05, 4.69) is 20.6 Å². The lowest BCUT2D eigenvalue weighted by Gasteiger charge is -2.15. The number of carbonyl (C=O) groups is 1. The number of guanidine groups is 1. The van der Waals surface area contributed by atoms with Gasteiger partial charge in [0.25, 0.3) is 0 Å². The number of halogens is 1. The monoisotopic (exact) mass is 299 g/mol. The number of rotatable bonds is 5. The van der Waals surface area contributed by atoms with Crippen LogP contribution in [0.5, 0.6) is 0 Å². The third-order valence-electron chi connectivity index (χ3n) is 2.39. The molecule has 1 heterocycles. The van der Waals surface area contributed by atoms with Crippen molar-refractivity contribution in [1.82, 2.24) is 15.6 Å². The van der Waals surface area contributed by atoms with E-state index in [4.69, 9.17) is 22.1 Å². The summed E-state index contributed by atoms with van der Waals surface area (Å²) in [6, 6.07) is 2.83. The van der Waals surface area contributed by atoms with E-state index in [1.807, 2.05) is 0 Å². The van der Waals surface area contributed by atoms with Crippen LogP contribution < -0.4 is 16.4 Å². The number of urea groups is 1. The Morgan fingerprint density at radius 3 is 3.00 bits per heavy atom. The molecule has 8 heteroatoms. The maximum absolute atomic E-state index is 10.9. The van der Waals surface area contributed by atoms with Gasteiger partial charge in [-0.1, -0.05) is 11.6 Å². The van der Waals surface area contributed by atoms with E-state index >= 15 is 0 Å². The number of amides is 2. The highest BCUT2D eigenvalue weighted by Gasteiger charge is 2.06. The number of methoxy groups -OCH3 is 1. The Morgan fingerprint density at radius 2 is 2.40 bits per heavy atom. The summed E-state index contributed by atoms with van der Waals surface area (Å²) in [6.45, 7) is 2.17. The van der Waals surface area contributed by atoms with Gasteiger partial charge in [0.05, 0.1) is 10.7 Å². The summed E-state index contributed by atoms with van der Waals surface area (Å²) in [4.78, 5) is 19.2. The lowest BCUT2D eigenvalue weighted by molar-refractivity contribution is 0.106. The first-order valence-corrected chi connectivity index (χ1v) is 6.40. The minimum Gasteiger partial charge on any atom is -0.362 e. The highest BCUT2D eigenvalue weighted by Crippen LogP contribution is 2.12. The summed E-state index contributed by atoms with van der Waals surface area (Å²) < 4.78 is 5.03. The topological polar surface area (TPSA) is 102 Å². The second kappa shape index (κ2) is 8.34. The van der Waals surface area contributed by atoms with Crippen molar-refractivity contribution in [3.05, 3.63) is 29.0 Å². The zero-order valence-corrected chi connectivity index (χ0v) is 12.1. The van der Waals surface area contributed by atoms with Gasteiger partial charge >= 0.3 is 6.03 Å². The highest BCUT2D eigenvalue weighted by molar-refractivity contribution is 6.31. The van der Waals surface area contributed by atoms with E-state index in [9.17, 15) is 4.79 Å². The average molecular weight is 300 g/mol. The molecule has 20 heavy (non-hydrogen) atoms. The molecule has 0 radical (unpaired) electrons. The summed E-state index contributed by atoms with van der Waals surface area (Å²) in [6.07, 6.45) is 1.91. The number of nitrogens with zero attached hydrogens (tertiary/aromatic N) is 2. The van der Waals surface area contributed by atoms with Crippen LogP contribution in [0.15, 0.2) is 23.3 Å². The molecule has 0 aliphatic heterocycles. The second-order valence-electron chi connectivity index (χ2n) is 3.92. The Hall–Kier alpha value is -1.86. The van der Waals surface area contributed by atoms with Crippen molar-refractivity contribution in [2.75, 3.05) is 13.7 Å². The van der Waals surface area contributed by atoms with Crippen molar-refractivity contribution in [2.45, 2.75) is 19.6 Å². The first-order chi connectivity index (χ1) is 9.52. The number of aromatic nitrogens is 1. The number of carbonyl (C=O) groups excluding carboxylic acids is 1. The van der Waals surface area contributed by atoms with Gasteiger partial charge in [-0.15, -0.1) is 0 Å². The fourth-order valence-corrected chi connectivity index (χ4v) is 1.58. The summed E-state index contributed by atoms with van der Waals surface area (Å²) in [5.74, 6) is 0.249. The molecule has 0 aliphatic carbocycles. The first-order valence-electron chi connectivity index (χ1n) is 6.02. The second-order valence-corrected chi connectivity index (χ2v) is 4.33. The number of nitrogens with two attached hydrogens (primary N) is 1. The fraction of sp³-hybridized carbons (Fsp3) is 0.417. The van der Waals surface area contributed by atoms with Crippen LogP contribution >= 0.6 is 11.6 Å². The number of hydrogen-bond acceptors (Lipinski definition) is 4. The van der Waals surface area contributed by atoms with Gasteiger partial charge in [-0.05, 0) is 19.1 Å². The van der Waals surface area contributed by atoms with Gasteiger partial charge in [-0.2, -0.15) is 0 Å². The predicted molar refractivity (Wildman–Crippen MR) is 77.6 cm³/mol. The molecule has 0 saturated carbocycles. The van der Waals surface area contributed by atoms with E-state index in [1.54, 1.807) is 25.3 Å². The van der Waals surface area contributed by atoms with Crippen molar-refractivity contribution < 1.29 is 9.53 Å². The quantitative estimate of drug-likeness (QED) is 0.427. The van der Waals surface area contributed by atoms with Gasteiger partial charge in [-0.25, -0.2) is 4.79 Å². The van der Waals surface area contributed by atoms with E-state index in [0.717, 1.165) is 5.69 Å². The molecule has 0 fully saturated rings. The average Bonchev–Trinajstić information content (AvgIpc) is 2.40. The SMILES string of the molecule is COC(C)NC(=NCCc1ncccc1Cl)NC(N)=O. The lowest BCUT2D eigenvalue weighted by atomic mass is 10.3. The molecule has 1 aromatic rings. The summed E-state index contributed by atoms with van der Waals surface area (Å²) in [7, 11) is 1.53. The fourth-order valence-electron chi connectivity index (χ4n) is 1.37. The van der Waals surface area contributed by atoms with Crippen LogP contribution in [0, 0.1) is 0 Å². The largest absolute Gasteiger partial charge is 0.362 e. The molecular formula is C12H18ClN5O2. The van der Waals surface area contributed by atoms with E-state index in [-0.39, 0.29) is 12.2 Å². The Kier molecular flexibility index (Phi) is 6.75. The van der Waals surface area contributed by atoms with Crippen molar-refractivity contribution in [3.8, 4) is 0 Å². The molecule has 1 aromatic heterocycles. The molecule has 1 unspecified atom stereocenters. The van der Waals surface area contributed by atoms with Gasteiger partial charge in [0, 0.05) is 26.3 Å². The molecule has 7 nitrogen and oxygen atoms in total. The standard InChI is InChI=1S/C12H18ClN5O2/c1-8(20-2)17-12(18-11(14)19)16-7-5-10-9(13)4-3-6-15-10/h3-4,6,8H,5,7H2,1-2H3,(H4,14,16,17,18,19). The van der Waals surface area contributed by atoms with Crippen LogP contribution in [0.2, 0.25) is 5.02 Å². The third-order valence-corrected chi connectivity index (χ3v) is 2.73. The molecular weight excluding hydrogens is 282 g/mol. The molecule has 1 atom stereocenters. The zero-order chi connectivity index (χ0) is 15.0. The molecule has 2 amide bonds. The zero-order valence-electron chi connectivity index (χ0n) is 11.4. The van der Waals surface area contributed by atoms with Crippen LogP contribution in [-0.2, 0) is 11.2 Å². The molecule has 0 saturated heterocycles. The Morgan fingerprint density at radius 1 is 1.65 bits per heavy atom. The number of aliphatic imine (C=N–C) groups is 1. The number of pyridine rings is 1. The van der Waals surface area contributed by atoms with Crippen LogP contribution in [0.3, 0.4) is 0 Å². The molecule has 110 valence electrons. The van der Waals surface area contributed by atoms with Crippen LogP contribution in [-0.4, -0.2) is 36.9 Å². The van der Waals surface area contributed by atoms with Gasteiger partial charge < -0.3 is 15.8 Å². The van der Waals surface area contributed by atoms with Crippen molar-refractivity contribution >= 4 is 23.6 Å². The third kappa shape index (κ3) is 5.85. The van der Waals surface area contributed by atoms with Gasteiger partial charge in [-0.3, -0.25) is 15.3 Å². The number of hydrogen-bond donors (Lipinski definition) is 3. The van der Waals surface area contributed by atoms with E-state index in [0.29, 0.717) is 18.0 Å². The molecule has 1 rings (SSSR count). The van der Waals surface area contributed by atoms with E-state index < -0.39 is 6.03 Å². The lowest BCUT2D eigenvalue weighted by Crippen LogP contribution is -2.47. The number of ether oxygens (including phenoxy) is 1. The summed E-state index contributed by atoms with van der Waals surface area (Å²) in [5, 5.41) is 5.84. The Labute approximate surface area is 122 Å². The van der Waals surface area contributed by atoms with Gasteiger partial charge in [0.2, 0.25) is 5.96 Å². The summed E-state index contributed by atoms with van der Waals surface area (Å²) >= 11 is 5.99. The maximum Gasteiger partial charge on any atom is 0.318 e. The molecule has 0 bridgehead atoms. The number of primary amides is 1. The van der Waals surface area contributed by atoms with Crippen molar-refractivity contribution in [1.29, 1.82) is 0 Å². The van der Waals surface area contributed by atoms with Crippen LogP contribution in [0.25, 0.3) is 0 Å². The Bertz CT molecular complexity index is 481. The predicted octanol–water partition coefficient (Wildman–Crippen LogP) is 0.884. The minimum absolute atomic E-state index is 0.249. The Balaban J connectivity index is 2.62. The minimum atomic E-state index is -0.699. The van der Waals surface area contributed by atoms with Crippen LogP contribution in [0.1, 0.15) is 12.6 Å². The van der Waals surface area contributed by atoms with Crippen molar-refractivity contribution in [3.63, 3.8) is 0 Å². The normalized spacial score (nSPS) is 12.8. The smallest absolute Gasteiger partial charge is 0.318 e. The molecule has 0 aliphatic rings. The van der Waals surface area contributed by atoms with Crippen LogP contribution in [0.4, 0.5) is 4.79 Å². The molecule has 0 spiro atoms. The molecule has 4 N–H and O–H groups in total.